The Labute approximate surface area is 200 Å². The summed E-state index contributed by atoms with van der Waals surface area (Å²) in [5.74, 6) is -1.47. The molecule has 7 heteroatoms. The standard InChI is InChI=1S/C27H32N2O5/c1-4-28(5-2)16-17-29-25(21-12-9-13-22(18-21)34-19(3)30)24(26(32)27(29)33)23(31)15-14-20-10-7-6-8-11-20/h6-13,18,25,32H,4-5,14-17H2,1-3H3. The number of Topliss-reactive ketones (excluding diaryl/α,β-unsaturated/α-hetero) is 1. The molecule has 1 aliphatic heterocycles. The Morgan fingerprint density at radius 2 is 1.76 bits per heavy atom. The summed E-state index contributed by atoms with van der Waals surface area (Å²) in [5, 5.41) is 10.8. The maximum Gasteiger partial charge on any atom is 0.308 e. The van der Waals surface area contributed by atoms with Crippen molar-refractivity contribution in [3.63, 3.8) is 0 Å². The third-order valence-electron chi connectivity index (χ3n) is 6.07. The molecule has 3 rings (SSSR count). The molecule has 2 aromatic rings. The predicted octanol–water partition coefficient (Wildman–Crippen LogP) is 3.85. The quantitative estimate of drug-likeness (QED) is 0.402. The SMILES string of the molecule is CCN(CC)CCN1C(=O)C(O)=C(C(=O)CCc2ccccc2)C1c1cccc(OC(C)=O)c1. The Hall–Kier alpha value is -3.45. The third kappa shape index (κ3) is 5.91. The lowest BCUT2D eigenvalue weighted by molar-refractivity contribution is -0.132. The van der Waals surface area contributed by atoms with Crippen LogP contribution >= 0.6 is 0 Å². The van der Waals surface area contributed by atoms with Gasteiger partial charge in [0.05, 0.1) is 11.6 Å². The van der Waals surface area contributed by atoms with Crippen molar-refractivity contribution >= 4 is 17.7 Å². The van der Waals surface area contributed by atoms with Crippen molar-refractivity contribution in [3.8, 4) is 5.75 Å². The number of carbonyl (C=O) groups is 3. The molecule has 0 spiro atoms. The van der Waals surface area contributed by atoms with Gasteiger partial charge in [-0.3, -0.25) is 14.4 Å². The number of likely N-dealkylation sites (N-methyl/N-ethyl adjacent to an activating group) is 1. The molecule has 2 aromatic carbocycles. The highest BCUT2D eigenvalue weighted by Crippen LogP contribution is 2.39. The van der Waals surface area contributed by atoms with Gasteiger partial charge in [-0.2, -0.15) is 0 Å². The van der Waals surface area contributed by atoms with Gasteiger partial charge >= 0.3 is 5.97 Å². The van der Waals surface area contributed by atoms with E-state index in [0.717, 1.165) is 18.7 Å². The first-order valence-electron chi connectivity index (χ1n) is 11.7. The van der Waals surface area contributed by atoms with E-state index in [-0.39, 0.29) is 17.8 Å². The molecule has 0 fully saturated rings. The third-order valence-corrected chi connectivity index (χ3v) is 6.07. The fourth-order valence-electron chi connectivity index (χ4n) is 4.26. The number of benzene rings is 2. The molecule has 0 aliphatic carbocycles. The van der Waals surface area contributed by atoms with Crippen LogP contribution in [-0.2, 0) is 20.8 Å². The Morgan fingerprint density at radius 3 is 2.41 bits per heavy atom. The second kappa shape index (κ2) is 11.6. The number of rotatable bonds is 11. The van der Waals surface area contributed by atoms with Gasteiger partial charge in [-0.25, -0.2) is 0 Å². The van der Waals surface area contributed by atoms with Gasteiger partial charge in [0.25, 0.3) is 5.91 Å². The van der Waals surface area contributed by atoms with Crippen LogP contribution in [0.15, 0.2) is 65.9 Å². The zero-order chi connectivity index (χ0) is 24.7. The Morgan fingerprint density at radius 1 is 1.06 bits per heavy atom. The van der Waals surface area contributed by atoms with Crippen LogP contribution in [0, 0.1) is 0 Å². The van der Waals surface area contributed by atoms with E-state index >= 15 is 0 Å². The lowest BCUT2D eigenvalue weighted by Gasteiger charge is -2.29. The van der Waals surface area contributed by atoms with Crippen molar-refractivity contribution in [2.45, 2.75) is 39.7 Å². The van der Waals surface area contributed by atoms with Gasteiger partial charge in [0.1, 0.15) is 5.75 Å². The molecule has 1 atom stereocenters. The van der Waals surface area contributed by atoms with Gasteiger partial charge in [0, 0.05) is 26.4 Å². The lowest BCUT2D eigenvalue weighted by atomic mass is 9.93. The number of hydrogen-bond donors (Lipinski definition) is 1. The first-order valence-corrected chi connectivity index (χ1v) is 11.7. The van der Waals surface area contributed by atoms with Gasteiger partial charge in [-0.1, -0.05) is 56.3 Å². The van der Waals surface area contributed by atoms with E-state index < -0.39 is 23.7 Å². The van der Waals surface area contributed by atoms with Crippen LogP contribution in [0.5, 0.6) is 5.75 Å². The fourth-order valence-corrected chi connectivity index (χ4v) is 4.26. The topological polar surface area (TPSA) is 87.2 Å². The molecule has 1 unspecified atom stereocenters. The Balaban J connectivity index is 1.93. The summed E-state index contributed by atoms with van der Waals surface area (Å²) in [6.07, 6.45) is 0.672. The number of esters is 1. The number of ether oxygens (including phenoxy) is 1. The van der Waals surface area contributed by atoms with E-state index in [0.29, 0.717) is 30.8 Å². The highest BCUT2D eigenvalue weighted by molar-refractivity contribution is 6.09. The van der Waals surface area contributed by atoms with Crippen molar-refractivity contribution in [2.75, 3.05) is 26.2 Å². The van der Waals surface area contributed by atoms with Gasteiger partial charge in [-0.05, 0) is 42.8 Å². The van der Waals surface area contributed by atoms with Crippen molar-refractivity contribution in [3.05, 3.63) is 77.1 Å². The van der Waals surface area contributed by atoms with E-state index in [2.05, 4.69) is 4.90 Å². The highest BCUT2D eigenvalue weighted by Gasteiger charge is 2.43. The van der Waals surface area contributed by atoms with Crippen LogP contribution in [0.3, 0.4) is 0 Å². The number of nitrogens with zero attached hydrogens (tertiary/aromatic N) is 2. The maximum absolute atomic E-state index is 13.3. The van der Waals surface area contributed by atoms with Crippen molar-refractivity contribution in [2.24, 2.45) is 0 Å². The van der Waals surface area contributed by atoms with Gasteiger partial charge in [0.2, 0.25) is 0 Å². The van der Waals surface area contributed by atoms with E-state index in [4.69, 9.17) is 4.74 Å². The molecular weight excluding hydrogens is 432 g/mol. The maximum atomic E-state index is 13.3. The minimum Gasteiger partial charge on any atom is -0.503 e. The average Bonchev–Trinajstić information content (AvgIpc) is 3.08. The first kappa shape index (κ1) is 25.2. The van der Waals surface area contributed by atoms with Crippen LogP contribution in [0.2, 0.25) is 0 Å². The van der Waals surface area contributed by atoms with E-state index in [1.165, 1.54) is 11.8 Å². The lowest BCUT2D eigenvalue weighted by Crippen LogP contribution is -2.38. The number of aryl methyl sites for hydroxylation is 1. The van der Waals surface area contributed by atoms with Crippen LogP contribution in [0.25, 0.3) is 0 Å². The minimum absolute atomic E-state index is 0.0976. The number of aliphatic hydroxyl groups is 1. The normalized spacial score (nSPS) is 15.8. The number of aliphatic hydroxyl groups excluding tert-OH is 1. The first-order chi connectivity index (χ1) is 16.3. The van der Waals surface area contributed by atoms with E-state index in [1.54, 1.807) is 24.3 Å². The molecule has 1 N–H and O–H groups in total. The van der Waals surface area contributed by atoms with Crippen molar-refractivity contribution in [1.29, 1.82) is 0 Å². The van der Waals surface area contributed by atoms with Gasteiger partial charge in [-0.15, -0.1) is 0 Å². The smallest absolute Gasteiger partial charge is 0.308 e. The van der Waals surface area contributed by atoms with Crippen molar-refractivity contribution < 1.29 is 24.2 Å². The zero-order valence-electron chi connectivity index (χ0n) is 20.0. The summed E-state index contributed by atoms with van der Waals surface area (Å²) >= 11 is 0. The van der Waals surface area contributed by atoms with E-state index in [9.17, 15) is 19.5 Å². The molecule has 7 nitrogen and oxygen atoms in total. The van der Waals surface area contributed by atoms with Gasteiger partial charge in [0.15, 0.2) is 11.5 Å². The summed E-state index contributed by atoms with van der Waals surface area (Å²) in [5.41, 5.74) is 1.71. The molecule has 1 aliphatic rings. The molecule has 1 heterocycles. The molecule has 0 saturated carbocycles. The molecule has 1 amide bonds. The second-order valence-corrected chi connectivity index (χ2v) is 8.27. The minimum atomic E-state index is -0.748. The van der Waals surface area contributed by atoms with E-state index in [1.807, 2.05) is 44.2 Å². The van der Waals surface area contributed by atoms with Crippen LogP contribution in [0.4, 0.5) is 0 Å². The number of ketones is 1. The summed E-state index contributed by atoms with van der Waals surface area (Å²) in [4.78, 5) is 41.6. The summed E-state index contributed by atoms with van der Waals surface area (Å²) in [6, 6.07) is 15.6. The zero-order valence-corrected chi connectivity index (χ0v) is 20.0. The molecule has 0 radical (unpaired) electrons. The summed E-state index contributed by atoms with van der Waals surface area (Å²) in [6.45, 7) is 8.01. The number of carbonyl (C=O) groups excluding carboxylic acids is 3. The largest absolute Gasteiger partial charge is 0.503 e. The molecule has 180 valence electrons. The molecule has 34 heavy (non-hydrogen) atoms. The monoisotopic (exact) mass is 464 g/mol. The molecular formula is C27H32N2O5. The van der Waals surface area contributed by atoms with Crippen LogP contribution in [0.1, 0.15) is 44.4 Å². The average molecular weight is 465 g/mol. The second-order valence-electron chi connectivity index (χ2n) is 8.27. The molecule has 0 bridgehead atoms. The van der Waals surface area contributed by atoms with Crippen LogP contribution in [-0.4, -0.2) is 58.7 Å². The van der Waals surface area contributed by atoms with Crippen molar-refractivity contribution in [1.82, 2.24) is 9.80 Å². The van der Waals surface area contributed by atoms with Crippen LogP contribution < -0.4 is 4.74 Å². The Kier molecular flexibility index (Phi) is 8.60. The molecule has 0 aromatic heterocycles. The Bertz CT molecular complexity index is 1060. The fraction of sp³-hybridized carbons (Fsp3) is 0.370. The number of hydrogen-bond acceptors (Lipinski definition) is 6. The summed E-state index contributed by atoms with van der Waals surface area (Å²) < 4.78 is 5.22. The predicted molar refractivity (Wildman–Crippen MR) is 129 cm³/mol. The highest BCUT2D eigenvalue weighted by atomic mass is 16.5. The number of amides is 1. The summed E-state index contributed by atoms with van der Waals surface area (Å²) in [7, 11) is 0. The van der Waals surface area contributed by atoms with Gasteiger partial charge < -0.3 is 19.6 Å². The molecule has 0 saturated heterocycles.